The van der Waals surface area contributed by atoms with Gasteiger partial charge in [0.25, 0.3) is 0 Å². The van der Waals surface area contributed by atoms with Gasteiger partial charge in [-0.2, -0.15) is 0 Å². The number of piperidine rings is 1. The largest absolute Gasteiger partial charge is 0.496 e. The molecule has 0 aromatic heterocycles. The first-order valence-electron chi connectivity index (χ1n) is 8.68. The maximum atomic E-state index is 5.51. The second kappa shape index (κ2) is 8.18. The summed E-state index contributed by atoms with van der Waals surface area (Å²) >= 11 is 0. The molecule has 2 aromatic carbocycles. The van der Waals surface area contributed by atoms with Crippen LogP contribution in [0.15, 0.2) is 48.5 Å². The van der Waals surface area contributed by atoms with Crippen molar-refractivity contribution in [2.75, 3.05) is 26.0 Å². The molecule has 0 radical (unpaired) electrons. The molecule has 128 valence electrons. The minimum atomic E-state index is 0.360. The molecule has 0 bridgehead atoms. The fraction of sp³-hybridized carbons (Fsp3) is 0.400. The molecule has 4 heteroatoms. The lowest BCUT2D eigenvalue weighted by Crippen LogP contribution is -2.45. The first kappa shape index (κ1) is 16.8. The van der Waals surface area contributed by atoms with Gasteiger partial charge < -0.3 is 20.7 Å². The van der Waals surface area contributed by atoms with Gasteiger partial charge in [-0.15, -0.1) is 0 Å². The highest BCUT2D eigenvalue weighted by atomic mass is 16.5. The molecule has 0 spiro atoms. The van der Waals surface area contributed by atoms with E-state index in [9.17, 15) is 0 Å². The van der Waals surface area contributed by atoms with Gasteiger partial charge in [0.05, 0.1) is 7.11 Å². The fourth-order valence-corrected chi connectivity index (χ4v) is 3.43. The number of hydrogen-bond donors (Lipinski definition) is 3. The molecule has 3 rings (SSSR count). The summed E-state index contributed by atoms with van der Waals surface area (Å²) < 4.78 is 5.51. The van der Waals surface area contributed by atoms with Crippen LogP contribution in [0.25, 0.3) is 0 Å². The highest BCUT2D eigenvalue weighted by molar-refractivity contribution is 5.50. The first-order valence-corrected chi connectivity index (χ1v) is 8.68. The van der Waals surface area contributed by atoms with Gasteiger partial charge in [-0.05, 0) is 43.1 Å². The Kier molecular flexibility index (Phi) is 5.72. The molecular weight excluding hydrogens is 298 g/mol. The van der Waals surface area contributed by atoms with Gasteiger partial charge in [-0.1, -0.05) is 30.3 Å². The molecule has 1 saturated heterocycles. The number of hydrogen-bond acceptors (Lipinski definition) is 4. The lowest BCUT2D eigenvalue weighted by Gasteiger charge is -2.34. The van der Waals surface area contributed by atoms with Crippen molar-refractivity contribution in [2.45, 2.75) is 31.5 Å². The summed E-state index contributed by atoms with van der Waals surface area (Å²) in [6.07, 6.45) is 2.38. The van der Waals surface area contributed by atoms with E-state index in [-0.39, 0.29) is 0 Å². The average Bonchev–Trinajstić information content (AvgIpc) is 2.67. The van der Waals surface area contributed by atoms with Crippen LogP contribution in [0.1, 0.15) is 30.0 Å². The third kappa shape index (κ3) is 3.89. The van der Waals surface area contributed by atoms with Crippen molar-refractivity contribution < 1.29 is 4.74 Å². The third-order valence-electron chi connectivity index (χ3n) is 4.74. The van der Waals surface area contributed by atoms with E-state index in [2.05, 4.69) is 52.3 Å². The van der Waals surface area contributed by atoms with Gasteiger partial charge in [0.1, 0.15) is 5.75 Å². The summed E-state index contributed by atoms with van der Waals surface area (Å²) in [7, 11) is 3.67. The summed E-state index contributed by atoms with van der Waals surface area (Å²) in [5, 5.41) is 10.6. The molecule has 1 fully saturated rings. The Labute approximate surface area is 144 Å². The van der Waals surface area contributed by atoms with Gasteiger partial charge in [0.15, 0.2) is 0 Å². The van der Waals surface area contributed by atoms with Crippen LogP contribution in [0, 0.1) is 0 Å². The van der Waals surface area contributed by atoms with Crippen molar-refractivity contribution in [3.05, 3.63) is 59.7 Å². The number of methoxy groups -OCH3 is 1. The molecule has 0 amide bonds. The van der Waals surface area contributed by atoms with E-state index in [0.717, 1.165) is 24.5 Å². The smallest absolute Gasteiger partial charge is 0.123 e. The van der Waals surface area contributed by atoms with Crippen LogP contribution < -0.4 is 20.7 Å². The molecule has 4 nitrogen and oxygen atoms in total. The third-order valence-corrected chi connectivity index (χ3v) is 4.74. The Morgan fingerprint density at radius 3 is 2.75 bits per heavy atom. The first-order chi connectivity index (χ1) is 11.8. The molecule has 2 unspecified atom stereocenters. The molecule has 0 saturated carbocycles. The van der Waals surface area contributed by atoms with E-state index in [1.807, 2.05) is 19.2 Å². The van der Waals surface area contributed by atoms with Gasteiger partial charge in [0.2, 0.25) is 0 Å². The molecule has 1 aliphatic heterocycles. The zero-order chi connectivity index (χ0) is 16.8. The lowest BCUT2D eigenvalue weighted by molar-refractivity contribution is 0.303. The monoisotopic (exact) mass is 325 g/mol. The lowest BCUT2D eigenvalue weighted by atomic mass is 9.92. The van der Waals surface area contributed by atoms with Crippen LogP contribution in [-0.4, -0.2) is 26.7 Å². The van der Waals surface area contributed by atoms with E-state index < -0.39 is 0 Å². The predicted molar refractivity (Wildman–Crippen MR) is 99.6 cm³/mol. The summed E-state index contributed by atoms with van der Waals surface area (Å²) in [6, 6.07) is 17.7. The quantitative estimate of drug-likeness (QED) is 0.762. The van der Waals surface area contributed by atoms with Crippen LogP contribution in [-0.2, 0) is 6.54 Å². The number of ether oxygens (including phenoxy) is 1. The van der Waals surface area contributed by atoms with Gasteiger partial charge >= 0.3 is 0 Å². The van der Waals surface area contributed by atoms with Gasteiger partial charge in [0, 0.05) is 36.9 Å². The Morgan fingerprint density at radius 2 is 2.00 bits per heavy atom. The molecule has 0 aliphatic carbocycles. The normalized spacial score (nSPS) is 20.6. The van der Waals surface area contributed by atoms with Crippen molar-refractivity contribution in [1.29, 1.82) is 0 Å². The Hall–Kier alpha value is -2.04. The van der Waals surface area contributed by atoms with Crippen molar-refractivity contribution in [3.8, 4) is 5.75 Å². The van der Waals surface area contributed by atoms with Crippen molar-refractivity contribution in [1.82, 2.24) is 10.6 Å². The van der Waals surface area contributed by atoms with E-state index in [0.29, 0.717) is 12.1 Å². The number of rotatable bonds is 6. The van der Waals surface area contributed by atoms with Crippen molar-refractivity contribution >= 4 is 5.69 Å². The highest BCUT2D eigenvalue weighted by Crippen LogP contribution is 2.26. The minimum absolute atomic E-state index is 0.360. The van der Waals surface area contributed by atoms with E-state index in [1.165, 1.54) is 24.0 Å². The summed E-state index contributed by atoms with van der Waals surface area (Å²) in [5.41, 5.74) is 3.64. The van der Waals surface area contributed by atoms with E-state index in [4.69, 9.17) is 4.74 Å². The average molecular weight is 325 g/mol. The molecule has 1 aliphatic rings. The maximum Gasteiger partial charge on any atom is 0.123 e. The van der Waals surface area contributed by atoms with Crippen molar-refractivity contribution in [2.24, 2.45) is 0 Å². The Balaban J connectivity index is 1.72. The summed E-state index contributed by atoms with van der Waals surface area (Å²) in [6.45, 7) is 1.88. The maximum absolute atomic E-state index is 5.51. The van der Waals surface area contributed by atoms with Gasteiger partial charge in [-0.3, -0.25) is 0 Å². The number of nitrogens with one attached hydrogen (secondary N) is 3. The zero-order valence-corrected chi connectivity index (χ0v) is 14.5. The molecule has 24 heavy (non-hydrogen) atoms. The summed E-state index contributed by atoms with van der Waals surface area (Å²) in [5.74, 6) is 0.932. The molecule has 2 atom stereocenters. The Morgan fingerprint density at radius 1 is 1.17 bits per heavy atom. The zero-order valence-electron chi connectivity index (χ0n) is 14.5. The number of anilines is 1. The molecular formula is C20H27N3O. The van der Waals surface area contributed by atoms with E-state index >= 15 is 0 Å². The topological polar surface area (TPSA) is 45.3 Å². The Bertz CT molecular complexity index is 645. The second-order valence-electron chi connectivity index (χ2n) is 6.25. The van der Waals surface area contributed by atoms with Crippen LogP contribution in [0.5, 0.6) is 5.75 Å². The molecule has 1 heterocycles. The van der Waals surface area contributed by atoms with Crippen molar-refractivity contribution in [3.63, 3.8) is 0 Å². The standard InChI is InChI=1S/C20H27N3O/c1-21-17-10-11-19(24-2)16(13-17)14-23-18-9-6-12-22-20(18)15-7-4-3-5-8-15/h3-5,7-8,10-11,13,18,20-23H,6,9,12,14H2,1-2H3. The highest BCUT2D eigenvalue weighted by Gasteiger charge is 2.25. The van der Waals surface area contributed by atoms with Crippen LogP contribution in [0.2, 0.25) is 0 Å². The van der Waals surface area contributed by atoms with Crippen LogP contribution >= 0.6 is 0 Å². The van der Waals surface area contributed by atoms with Gasteiger partial charge in [-0.25, -0.2) is 0 Å². The second-order valence-corrected chi connectivity index (χ2v) is 6.25. The van der Waals surface area contributed by atoms with Crippen LogP contribution in [0.4, 0.5) is 5.69 Å². The molecule has 2 aromatic rings. The van der Waals surface area contributed by atoms with E-state index in [1.54, 1.807) is 7.11 Å². The fourth-order valence-electron chi connectivity index (χ4n) is 3.43. The summed E-state index contributed by atoms with van der Waals surface area (Å²) in [4.78, 5) is 0. The SMILES string of the molecule is CNc1ccc(OC)c(CNC2CCCNC2c2ccccc2)c1. The minimum Gasteiger partial charge on any atom is -0.496 e. The van der Waals surface area contributed by atoms with Crippen LogP contribution in [0.3, 0.4) is 0 Å². The predicted octanol–water partition coefficient (Wildman–Crippen LogP) is 3.32. The molecule has 3 N–H and O–H groups in total. The number of benzene rings is 2.